The standard InChI is InChI=1S/C14H28O/c1-4-5-13-7-10-14(15,11-8-13)9-6-12(2)3/h12-13,15H,4-11H2,1-3H3. The number of aliphatic hydroxyl groups is 1. The third-order valence-electron chi connectivity index (χ3n) is 3.92. The van der Waals surface area contributed by atoms with Crippen LogP contribution in [0, 0.1) is 11.8 Å². The molecular formula is C14H28O. The van der Waals surface area contributed by atoms with Gasteiger partial charge in [0, 0.05) is 0 Å². The highest BCUT2D eigenvalue weighted by molar-refractivity contribution is 4.85. The Morgan fingerprint density at radius 1 is 1.27 bits per heavy atom. The third-order valence-corrected chi connectivity index (χ3v) is 3.92. The van der Waals surface area contributed by atoms with Gasteiger partial charge < -0.3 is 5.11 Å². The molecule has 1 aliphatic carbocycles. The quantitative estimate of drug-likeness (QED) is 0.726. The van der Waals surface area contributed by atoms with E-state index < -0.39 is 0 Å². The lowest BCUT2D eigenvalue weighted by atomic mass is 9.75. The Morgan fingerprint density at radius 2 is 1.87 bits per heavy atom. The predicted molar refractivity (Wildman–Crippen MR) is 65.9 cm³/mol. The van der Waals surface area contributed by atoms with Crippen molar-refractivity contribution in [1.29, 1.82) is 0 Å². The van der Waals surface area contributed by atoms with E-state index in [2.05, 4.69) is 20.8 Å². The Balaban J connectivity index is 2.27. The minimum atomic E-state index is -0.311. The average Bonchev–Trinajstić information content (AvgIpc) is 2.20. The Bertz CT molecular complexity index is 166. The lowest BCUT2D eigenvalue weighted by Gasteiger charge is -2.36. The Kier molecular flexibility index (Phi) is 5.11. The van der Waals surface area contributed by atoms with E-state index in [1.54, 1.807) is 0 Å². The molecule has 0 heterocycles. The zero-order chi connectivity index (χ0) is 11.3. The molecule has 1 rings (SSSR count). The van der Waals surface area contributed by atoms with Crippen LogP contribution < -0.4 is 0 Å². The summed E-state index contributed by atoms with van der Waals surface area (Å²) in [6, 6.07) is 0. The fraction of sp³-hybridized carbons (Fsp3) is 1.00. The van der Waals surface area contributed by atoms with Crippen LogP contribution in [0.15, 0.2) is 0 Å². The lowest BCUT2D eigenvalue weighted by Crippen LogP contribution is -2.34. The zero-order valence-electron chi connectivity index (χ0n) is 10.8. The van der Waals surface area contributed by atoms with Crippen molar-refractivity contribution in [3.8, 4) is 0 Å². The van der Waals surface area contributed by atoms with Gasteiger partial charge in [0.05, 0.1) is 5.60 Å². The van der Waals surface area contributed by atoms with Crippen molar-refractivity contribution in [2.45, 2.75) is 77.7 Å². The molecule has 1 nitrogen and oxygen atoms in total. The van der Waals surface area contributed by atoms with Crippen LogP contribution in [-0.4, -0.2) is 10.7 Å². The van der Waals surface area contributed by atoms with Gasteiger partial charge in [-0.25, -0.2) is 0 Å². The molecule has 0 saturated heterocycles. The normalized spacial score (nSPS) is 32.2. The van der Waals surface area contributed by atoms with E-state index in [1.165, 1.54) is 32.1 Å². The topological polar surface area (TPSA) is 20.2 Å². The van der Waals surface area contributed by atoms with E-state index in [9.17, 15) is 5.11 Å². The van der Waals surface area contributed by atoms with Crippen molar-refractivity contribution >= 4 is 0 Å². The molecule has 1 fully saturated rings. The number of hydrogen-bond donors (Lipinski definition) is 1. The first-order valence-electron chi connectivity index (χ1n) is 6.78. The van der Waals surface area contributed by atoms with Crippen molar-refractivity contribution in [3.63, 3.8) is 0 Å². The maximum Gasteiger partial charge on any atom is 0.0648 e. The molecule has 0 spiro atoms. The van der Waals surface area contributed by atoms with E-state index >= 15 is 0 Å². The highest BCUT2D eigenvalue weighted by atomic mass is 16.3. The zero-order valence-corrected chi connectivity index (χ0v) is 10.8. The molecular weight excluding hydrogens is 184 g/mol. The molecule has 0 amide bonds. The molecule has 0 aromatic carbocycles. The summed E-state index contributed by atoms with van der Waals surface area (Å²) in [6.45, 7) is 6.75. The Morgan fingerprint density at radius 3 is 2.33 bits per heavy atom. The van der Waals surface area contributed by atoms with Crippen LogP contribution in [0.2, 0.25) is 0 Å². The van der Waals surface area contributed by atoms with E-state index in [4.69, 9.17) is 0 Å². The van der Waals surface area contributed by atoms with Gasteiger partial charge >= 0.3 is 0 Å². The summed E-state index contributed by atoms with van der Waals surface area (Å²) in [5.74, 6) is 1.62. The van der Waals surface area contributed by atoms with Crippen LogP contribution in [-0.2, 0) is 0 Å². The van der Waals surface area contributed by atoms with Crippen molar-refractivity contribution in [3.05, 3.63) is 0 Å². The summed E-state index contributed by atoms with van der Waals surface area (Å²) >= 11 is 0. The van der Waals surface area contributed by atoms with E-state index in [-0.39, 0.29) is 5.60 Å². The molecule has 0 bridgehead atoms. The van der Waals surface area contributed by atoms with Gasteiger partial charge in [-0.3, -0.25) is 0 Å². The van der Waals surface area contributed by atoms with Crippen molar-refractivity contribution in [2.75, 3.05) is 0 Å². The summed E-state index contributed by atoms with van der Waals surface area (Å²) in [5, 5.41) is 10.4. The number of rotatable bonds is 5. The van der Waals surface area contributed by atoms with Crippen LogP contribution in [0.3, 0.4) is 0 Å². The van der Waals surface area contributed by atoms with E-state index in [0.717, 1.165) is 31.1 Å². The summed E-state index contributed by atoms with van der Waals surface area (Å²) in [7, 11) is 0. The van der Waals surface area contributed by atoms with Crippen LogP contribution >= 0.6 is 0 Å². The second-order valence-electron chi connectivity index (χ2n) is 5.89. The second kappa shape index (κ2) is 5.89. The predicted octanol–water partition coefficient (Wildman–Crippen LogP) is 4.14. The van der Waals surface area contributed by atoms with Gasteiger partial charge in [0.15, 0.2) is 0 Å². The van der Waals surface area contributed by atoms with Gasteiger partial charge in [0.25, 0.3) is 0 Å². The lowest BCUT2D eigenvalue weighted by molar-refractivity contribution is -0.0213. The minimum absolute atomic E-state index is 0.311. The molecule has 1 N–H and O–H groups in total. The minimum Gasteiger partial charge on any atom is -0.390 e. The molecule has 0 unspecified atom stereocenters. The summed E-state index contributed by atoms with van der Waals surface area (Å²) in [4.78, 5) is 0. The van der Waals surface area contributed by atoms with Crippen LogP contribution in [0.25, 0.3) is 0 Å². The van der Waals surface area contributed by atoms with Gasteiger partial charge in [-0.2, -0.15) is 0 Å². The first kappa shape index (κ1) is 13.0. The fourth-order valence-corrected chi connectivity index (χ4v) is 2.72. The maximum atomic E-state index is 10.4. The van der Waals surface area contributed by atoms with Crippen LogP contribution in [0.1, 0.15) is 72.1 Å². The van der Waals surface area contributed by atoms with Gasteiger partial charge in [-0.15, -0.1) is 0 Å². The molecule has 0 aromatic heterocycles. The van der Waals surface area contributed by atoms with E-state index in [0.29, 0.717) is 0 Å². The van der Waals surface area contributed by atoms with Gasteiger partial charge in [0.1, 0.15) is 0 Å². The third kappa shape index (κ3) is 4.55. The largest absolute Gasteiger partial charge is 0.390 e. The number of hydrogen-bond acceptors (Lipinski definition) is 1. The van der Waals surface area contributed by atoms with Crippen molar-refractivity contribution in [2.24, 2.45) is 11.8 Å². The molecule has 0 aromatic rings. The molecule has 1 heteroatoms. The molecule has 1 saturated carbocycles. The molecule has 15 heavy (non-hydrogen) atoms. The SMILES string of the molecule is CCCC1CCC(O)(CCC(C)C)CC1. The van der Waals surface area contributed by atoms with Gasteiger partial charge in [0.2, 0.25) is 0 Å². The second-order valence-corrected chi connectivity index (χ2v) is 5.89. The first-order chi connectivity index (χ1) is 7.06. The smallest absolute Gasteiger partial charge is 0.0648 e. The Hall–Kier alpha value is -0.0400. The molecule has 0 aliphatic heterocycles. The highest BCUT2D eigenvalue weighted by Gasteiger charge is 2.32. The van der Waals surface area contributed by atoms with Gasteiger partial charge in [-0.1, -0.05) is 33.6 Å². The molecule has 90 valence electrons. The van der Waals surface area contributed by atoms with Crippen LogP contribution in [0.5, 0.6) is 0 Å². The maximum absolute atomic E-state index is 10.4. The Labute approximate surface area is 95.3 Å². The summed E-state index contributed by atoms with van der Waals surface area (Å²) < 4.78 is 0. The van der Waals surface area contributed by atoms with Crippen molar-refractivity contribution < 1.29 is 5.11 Å². The summed E-state index contributed by atoms with van der Waals surface area (Å²) in [6.07, 6.45) is 9.45. The first-order valence-corrected chi connectivity index (χ1v) is 6.78. The van der Waals surface area contributed by atoms with Crippen molar-refractivity contribution in [1.82, 2.24) is 0 Å². The molecule has 0 atom stereocenters. The molecule has 1 aliphatic rings. The summed E-state index contributed by atoms with van der Waals surface area (Å²) in [5.41, 5.74) is -0.311. The average molecular weight is 212 g/mol. The fourth-order valence-electron chi connectivity index (χ4n) is 2.72. The highest BCUT2D eigenvalue weighted by Crippen LogP contribution is 2.37. The monoisotopic (exact) mass is 212 g/mol. The molecule has 0 radical (unpaired) electrons. The van der Waals surface area contributed by atoms with E-state index in [1.807, 2.05) is 0 Å². The van der Waals surface area contributed by atoms with Gasteiger partial charge in [-0.05, 0) is 50.4 Å². The van der Waals surface area contributed by atoms with Crippen LogP contribution in [0.4, 0.5) is 0 Å².